The smallest absolute Gasteiger partial charge is 0.268 e. The van der Waals surface area contributed by atoms with Gasteiger partial charge in [0.1, 0.15) is 5.75 Å². The molecule has 130 valence electrons. The molecule has 0 saturated heterocycles. The third kappa shape index (κ3) is 3.08. The van der Waals surface area contributed by atoms with Gasteiger partial charge in [0, 0.05) is 0 Å². The van der Waals surface area contributed by atoms with Crippen LogP contribution < -0.4 is 9.64 Å². The van der Waals surface area contributed by atoms with E-state index >= 15 is 0 Å². The molecule has 26 heavy (non-hydrogen) atoms. The number of hydrogen-bond acceptors (Lipinski definition) is 2. The van der Waals surface area contributed by atoms with Crippen LogP contribution in [-0.2, 0) is 11.3 Å². The standard InChI is InChI=1S/C23H21NO2/c1-16-8-13-21-22(14-16)26-17(2)23(25)24(21)15-18-9-11-20(12-10-18)19-6-4-3-5-7-19/h3-14,17H,15H2,1-2H3. The molecule has 1 aliphatic heterocycles. The highest BCUT2D eigenvalue weighted by Crippen LogP contribution is 2.35. The maximum absolute atomic E-state index is 12.7. The van der Waals surface area contributed by atoms with Crippen molar-refractivity contribution in [3.8, 4) is 16.9 Å². The van der Waals surface area contributed by atoms with Crippen molar-refractivity contribution >= 4 is 11.6 Å². The molecule has 0 aromatic heterocycles. The predicted octanol–water partition coefficient (Wildman–Crippen LogP) is 4.98. The Labute approximate surface area is 153 Å². The van der Waals surface area contributed by atoms with Crippen molar-refractivity contribution in [3.05, 3.63) is 83.9 Å². The van der Waals surface area contributed by atoms with E-state index in [4.69, 9.17) is 4.74 Å². The molecule has 1 aliphatic rings. The second kappa shape index (κ2) is 6.68. The SMILES string of the molecule is Cc1ccc2c(c1)OC(C)C(=O)N2Cc1ccc(-c2ccccc2)cc1. The lowest BCUT2D eigenvalue weighted by atomic mass is 10.0. The minimum atomic E-state index is -0.465. The number of amides is 1. The van der Waals surface area contributed by atoms with E-state index in [9.17, 15) is 4.79 Å². The van der Waals surface area contributed by atoms with Gasteiger partial charge in [0.05, 0.1) is 12.2 Å². The highest BCUT2D eigenvalue weighted by molar-refractivity contribution is 5.99. The minimum Gasteiger partial charge on any atom is -0.479 e. The topological polar surface area (TPSA) is 29.5 Å². The lowest BCUT2D eigenvalue weighted by Gasteiger charge is -2.33. The lowest BCUT2D eigenvalue weighted by Crippen LogP contribution is -2.44. The summed E-state index contributed by atoms with van der Waals surface area (Å²) in [4.78, 5) is 14.5. The molecule has 0 fully saturated rings. The molecule has 3 heteroatoms. The summed E-state index contributed by atoms with van der Waals surface area (Å²) in [5.41, 5.74) is 5.42. The first-order valence-corrected chi connectivity index (χ1v) is 8.85. The number of fused-ring (bicyclic) bond motifs is 1. The maximum Gasteiger partial charge on any atom is 0.268 e. The normalized spacial score (nSPS) is 16.2. The molecule has 1 unspecified atom stereocenters. The first kappa shape index (κ1) is 16.4. The molecule has 3 nitrogen and oxygen atoms in total. The number of ether oxygens (including phenoxy) is 1. The van der Waals surface area contributed by atoms with Crippen molar-refractivity contribution in [3.63, 3.8) is 0 Å². The van der Waals surface area contributed by atoms with E-state index in [0.717, 1.165) is 22.6 Å². The molecule has 0 radical (unpaired) electrons. The molecule has 3 aromatic rings. The Bertz CT molecular complexity index is 932. The zero-order valence-electron chi connectivity index (χ0n) is 15.0. The van der Waals surface area contributed by atoms with Crippen LogP contribution >= 0.6 is 0 Å². The Morgan fingerprint density at radius 3 is 2.35 bits per heavy atom. The molecule has 0 aliphatic carbocycles. The minimum absolute atomic E-state index is 0.00603. The highest BCUT2D eigenvalue weighted by atomic mass is 16.5. The molecule has 3 aromatic carbocycles. The Hall–Kier alpha value is -3.07. The maximum atomic E-state index is 12.7. The summed E-state index contributed by atoms with van der Waals surface area (Å²) in [6.45, 7) is 4.37. The summed E-state index contributed by atoms with van der Waals surface area (Å²) in [6.07, 6.45) is -0.465. The number of benzene rings is 3. The molecule has 0 saturated carbocycles. The first-order valence-electron chi connectivity index (χ1n) is 8.85. The Kier molecular flexibility index (Phi) is 4.21. The molecule has 4 rings (SSSR count). The summed E-state index contributed by atoms with van der Waals surface area (Å²) in [6, 6.07) is 24.6. The number of aryl methyl sites for hydroxylation is 1. The van der Waals surface area contributed by atoms with Crippen LogP contribution in [0.1, 0.15) is 18.1 Å². The molecule has 0 spiro atoms. The average Bonchev–Trinajstić information content (AvgIpc) is 2.66. The summed E-state index contributed by atoms with van der Waals surface area (Å²) in [7, 11) is 0. The van der Waals surface area contributed by atoms with Crippen LogP contribution in [-0.4, -0.2) is 12.0 Å². The van der Waals surface area contributed by atoms with E-state index in [1.165, 1.54) is 11.1 Å². The van der Waals surface area contributed by atoms with Gasteiger partial charge in [-0.05, 0) is 48.2 Å². The van der Waals surface area contributed by atoms with Gasteiger partial charge in [-0.3, -0.25) is 4.79 Å². The van der Waals surface area contributed by atoms with E-state index in [2.05, 4.69) is 36.4 Å². The zero-order valence-corrected chi connectivity index (χ0v) is 15.0. The Balaban J connectivity index is 1.61. The van der Waals surface area contributed by atoms with Gasteiger partial charge in [0.25, 0.3) is 5.91 Å². The van der Waals surface area contributed by atoms with Gasteiger partial charge in [0.2, 0.25) is 0 Å². The molecular formula is C23H21NO2. The summed E-state index contributed by atoms with van der Waals surface area (Å²) >= 11 is 0. The molecule has 1 amide bonds. The van der Waals surface area contributed by atoms with Crippen molar-refractivity contribution in [2.45, 2.75) is 26.5 Å². The number of carbonyl (C=O) groups is 1. The van der Waals surface area contributed by atoms with Gasteiger partial charge in [-0.15, -0.1) is 0 Å². The van der Waals surface area contributed by atoms with Crippen LogP contribution in [0, 0.1) is 6.92 Å². The number of nitrogens with zero attached hydrogens (tertiary/aromatic N) is 1. The lowest BCUT2D eigenvalue weighted by molar-refractivity contribution is -0.125. The highest BCUT2D eigenvalue weighted by Gasteiger charge is 2.31. The van der Waals surface area contributed by atoms with E-state index in [0.29, 0.717) is 6.54 Å². The fourth-order valence-corrected chi connectivity index (χ4v) is 3.30. The summed E-state index contributed by atoms with van der Waals surface area (Å²) < 4.78 is 5.78. The third-order valence-electron chi connectivity index (χ3n) is 4.73. The van der Waals surface area contributed by atoms with E-state index in [-0.39, 0.29) is 5.91 Å². The first-order chi connectivity index (χ1) is 12.6. The van der Waals surface area contributed by atoms with Crippen LogP contribution in [0.3, 0.4) is 0 Å². The van der Waals surface area contributed by atoms with Gasteiger partial charge in [0.15, 0.2) is 6.10 Å². The van der Waals surface area contributed by atoms with Gasteiger partial charge in [-0.25, -0.2) is 0 Å². The number of carbonyl (C=O) groups excluding carboxylic acids is 1. The van der Waals surface area contributed by atoms with Crippen molar-refractivity contribution < 1.29 is 9.53 Å². The Morgan fingerprint density at radius 1 is 0.923 bits per heavy atom. The number of anilines is 1. The zero-order chi connectivity index (χ0) is 18.1. The molecule has 0 N–H and O–H groups in total. The quantitative estimate of drug-likeness (QED) is 0.671. The van der Waals surface area contributed by atoms with Gasteiger partial charge < -0.3 is 9.64 Å². The van der Waals surface area contributed by atoms with Crippen molar-refractivity contribution in [2.75, 3.05) is 4.90 Å². The summed E-state index contributed by atoms with van der Waals surface area (Å²) in [5.74, 6) is 0.770. The largest absolute Gasteiger partial charge is 0.479 e. The number of rotatable bonds is 3. The van der Waals surface area contributed by atoms with E-state index < -0.39 is 6.10 Å². The van der Waals surface area contributed by atoms with Gasteiger partial charge in [-0.2, -0.15) is 0 Å². The van der Waals surface area contributed by atoms with Crippen LogP contribution in [0.15, 0.2) is 72.8 Å². The molecular weight excluding hydrogens is 322 g/mol. The predicted molar refractivity (Wildman–Crippen MR) is 104 cm³/mol. The van der Waals surface area contributed by atoms with Crippen LogP contribution in [0.25, 0.3) is 11.1 Å². The van der Waals surface area contributed by atoms with Crippen LogP contribution in [0.4, 0.5) is 5.69 Å². The van der Waals surface area contributed by atoms with E-state index in [1.54, 1.807) is 6.92 Å². The second-order valence-corrected chi connectivity index (χ2v) is 6.72. The van der Waals surface area contributed by atoms with Crippen LogP contribution in [0.5, 0.6) is 5.75 Å². The molecule has 1 heterocycles. The second-order valence-electron chi connectivity index (χ2n) is 6.72. The fraction of sp³-hybridized carbons (Fsp3) is 0.174. The Morgan fingerprint density at radius 2 is 1.62 bits per heavy atom. The van der Waals surface area contributed by atoms with Gasteiger partial charge >= 0.3 is 0 Å². The average molecular weight is 343 g/mol. The number of hydrogen-bond donors (Lipinski definition) is 0. The van der Waals surface area contributed by atoms with Crippen molar-refractivity contribution in [1.29, 1.82) is 0 Å². The molecule has 0 bridgehead atoms. The van der Waals surface area contributed by atoms with Crippen LogP contribution in [0.2, 0.25) is 0 Å². The van der Waals surface area contributed by atoms with E-state index in [1.807, 2.05) is 48.2 Å². The summed E-state index contributed by atoms with van der Waals surface area (Å²) in [5, 5.41) is 0. The van der Waals surface area contributed by atoms with Gasteiger partial charge in [-0.1, -0.05) is 60.7 Å². The fourth-order valence-electron chi connectivity index (χ4n) is 3.30. The van der Waals surface area contributed by atoms with Crippen molar-refractivity contribution in [2.24, 2.45) is 0 Å². The van der Waals surface area contributed by atoms with Crippen molar-refractivity contribution in [1.82, 2.24) is 0 Å². The third-order valence-corrected chi connectivity index (χ3v) is 4.73. The molecule has 1 atom stereocenters. The monoisotopic (exact) mass is 343 g/mol.